The van der Waals surface area contributed by atoms with Crippen LogP contribution in [0.15, 0.2) is 60.9 Å². The zero-order valence-corrected chi connectivity index (χ0v) is 17.5. The molecule has 1 saturated heterocycles. The molecule has 34 heavy (non-hydrogen) atoms. The van der Waals surface area contributed by atoms with Gasteiger partial charge in [0, 0.05) is 36.8 Å². The van der Waals surface area contributed by atoms with E-state index in [1.54, 1.807) is 18.2 Å². The summed E-state index contributed by atoms with van der Waals surface area (Å²) in [5.74, 6) is -3.95. The zero-order valence-electron chi connectivity index (χ0n) is 17.5. The number of amides is 1. The summed E-state index contributed by atoms with van der Waals surface area (Å²) in [6, 6.07) is 13.0. The lowest BCUT2D eigenvalue weighted by Gasteiger charge is -2.38. The van der Waals surface area contributed by atoms with E-state index in [4.69, 9.17) is 4.74 Å². The number of imidazole rings is 1. The first-order valence-corrected chi connectivity index (χ1v) is 10.4. The van der Waals surface area contributed by atoms with Gasteiger partial charge in [-0.25, -0.2) is 18.7 Å². The molecule has 0 N–H and O–H groups in total. The van der Waals surface area contributed by atoms with Gasteiger partial charge in [0.2, 0.25) is 5.88 Å². The van der Waals surface area contributed by atoms with Gasteiger partial charge in [-0.1, -0.05) is 18.2 Å². The molecule has 0 unspecified atom stereocenters. The summed E-state index contributed by atoms with van der Waals surface area (Å²) in [5.41, 5.74) is -0.906. The summed E-state index contributed by atoms with van der Waals surface area (Å²) < 4.78 is 75.2. The third kappa shape index (κ3) is 4.02. The monoisotopic (exact) mass is 476 g/mol. The molecule has 0 aliphatic carbocycles. The number of pyridine rings is 2. The summed E-state index contributed by atoms with van der Waals surface area (Å²) >= 11 is 0. The van der Waals surface area contributed by atoms with Crippen molar-refractivity contribution in [2.75, 3.05) is 13.1 Å². The van der Waals surface area contributed by atoms with Crippen molar-refractivity contribution in [1.82, 2.24) is 19.3 Å². The van der Waals surface area contributed by atoms with Crippen LogP contribution in [0.2, 0.25) is 0 Å². The maximum Gasteiger partial charge on any atom is 0.434 e. The molecule has 0 radical (unpaired) electrons. The predicted octanol–water partition coefficient (Wildman–Crippen LogP) is 4.83. The summed E-state index contributed by atoms with van der Waals surface area (Å²) in [6.07, 6.45) is -4.93. The van der Waals surface area contributed by atoms with E-state index in [-0.39, 0.29) is 23.6 Å². The second kappa shape index (κ2) is 7.93. The molecule has 1 aliphatic rings. The third-order valence-electron chi connectivity index (χ3n) is 5.70. The van der Waals surface area contributed by atoms with Crippen molar-refractivity contribution in [3.8, 4) is 5.88 Å². The van der Waals surface area contributed by atoms with Gasteiger partial charge in [0.15, 0.2) is 11.8 Å². The molecule has 4 heterocycles. The molecule has 1 aromatic carbocycles. The lowest BCUT2D eigenvalue weighted by Crippen LogP contribution is -2.55. The third-order valence-corrected chi connectivity index (χ3v) is 5.70. The van der Waals surface area contributed by atoms with Gasteiger partial charge in [-0.3, -0.25) is 4.79 Å². The number of halogens is 5. The van der Waals surface area contributed by atoms with Gasteiger partial charge in [0.1, 0.15) is 5.65 Å². The van der Waals surface area contributed by atoms with E-state index >= 15 is 0 Å². The fraction of sp³-hybridized carbons (Fsp3) is 0.261. The van der Waals surface area contributed by atoms with Crippen molar-refractivity contribution in [3.05, 3.63) is 72.2 Å². The lowest BCUT2D eigenvalue weighted by atomic mass is 10.0. The topological polar surface area (TPSA) is 59.7 Å². The first-order valence-electron chi connectivity index (χ1n) is 10.4. The average Bonchev–Trinajstić information content (AvgIpc) is 3.25. The number of carbonyl (C=O) groups is 1. The van der Waals surface area contributed by atoms with Gasteiger partial charge < -0.3 is 14.0 Å². The van der Waals surface area contributed by atoms with E-state index in [1.807, 2.05) is 12.1 Å². The smallest absolute Gasteiger partial charge is 0.434 e. The molecule has 0 bridgehead atoms. The molecule has 176 valence electrons. The molecular formula is C23H17F5N4O2. The van der Waals surface area contributed by atoms with E-state index in [0.29, 0.717) is 5.52 Å². The highest BCUT2D eigenvalue weighted by molar-refractivity contribution is 6.00. The first-order chi connectivity index (χ1) is 16.1. The Labute approximate surface area is 189 Å². The van der Waals surface area contributed by atoms with Crippen molar-refractivity contribution in [2.24, 2.45) is 0 Å². The van der Waals surface area contributed by atoms with E-state index in [1.165, 1.54) is 24.4 Å². The molecule has 4 aromatic rings. The number of carbonyl (C=O) groups excluding carboxylic acids is 1. The van der Waals surface area contributed by atoms with Gasteiger partial charge in [-0.15, -0.1) is 0 Å². The second-order valence-corrected chi connectivity index (χ2v) is 7.99. The highest BCUT2D eigenvalue weighted by Crippen LogP contribution is 2.33. The van der Waals surface area contributed by atoms with Crippen molar-refractivity contribution in [1.29, 1.82) is 0 Å². The first kappa shape index (κ1) is 22.1. The highest BCUT2D eigenvalue weighted by Gasteiger charge is 2.47. The Morgan fingerprint density at radius 2 is 1.85 bits per heavy atom. The van der Waals surface area contributed by atoms with Crippen molar-refractivity contribution in [3.63, 3.8) is 0 Å². The van der Waals surface area contributed by atoms with E-state index in [9.17, 15) is 26.7 Å². The fourth-order valence-corrected chi connectivity index (χ4v) is 3.92. The second-order valence-electron chi connectivity index (χ2n) is 7.99. The molecule has 1 aliphatic heterocycles. The van der Waals surface area contributed by atoms with Crippen LogP contribution < -0.4 is 4.74 Å². The number of hydrogen-bond donors (Lipinski definition) is 0. The molecule has 1 atom stereocenters. The standard InChI is InChI=1S/C23H17F5N4O2/c24-22(25)9-11-32(13-18(22)34-19-8-7-14-4-1-2-6-16(14)29-19)21(33)15-5-3-10-31-12-17(23(26,27)28)30-20(15)31/h1-8,10,12,18H,9,11,13H2/t18-/m0/s1. The molecule has 6 nitrogen and oxygen atoms in total. The molecule has 5 rings (SSSR count). The van der Waals surface area contributed by atoms with E-state index in [0.717, 1.165) is 20.9 Å². The van der Waals surface area contributed by atoms with Crippen LogP contribution in [0.25, 0.3) is 16.6 Å². The SMILES string of the molecule is O=C(c1cccn2cc(C(F)(F)F)nc12)N1CCC(F)(F)[C@@H](Oc2ccc3ccccc3n2)C1. The Hall–Kier alpha value is -3.76. The number of alkyl halides is 5. The van der Waals surface area contributed by atoms with Crippen LogP contribution in [0, 0.1) is 0 Å². The molecule has 1 amide bonds. The minimum Gasteiger partial charge on any atom is -0.466 e. The average molecular weight is 476 g/mol. The number of fused-ring (bicyclic) bond motifs is 2. The molecule has 0 spiro atoms. The van der Waals surface area contributed by atoms with Gasteiger partial charge in [-0.05, 0) is 24.3 Å². The van der Waals surface area contributed by atoms with Gasteiger partial charge >= 0.3 is 6.18 Å². The normalized spacial score (nSPS) is 18.4. The Morgan fingerprint density at radius 1 is 1.06 bits per heavy atom. The number of nitrogens with zero attached hydrogens (tertiary/aromatic N) is 4. The molecule has 11 heteroatoms. The van der Waals surface area contributed by atoms with Crippen molar-refractivity contribution in [2.45, 2.75) is 24.6 Å². The van der Waals surface area contributed by atoms with Crippen LogP contribution in [0.3, 0.4) is 0 Å². The quantitative estimate of drug-likeness (QED) is 0.398. The van der Waals surface area contributed by atoms with Crippen LogP contribution in [0.4, 0.5) is 22.0 Å². The summed E-state index contributed by atoms with van der Waals surface area (Å²) in [5, 5.41) is 0.813. The van der Waals surface area contributed by atoms with E-state index < -0.39 is 42.8 Å². The largest absolute Gasteiger partial charge is 0.466 e. The van der Waals surface area contributed by atoms with Crippen molar-refractivity contribution >= 4 is 22.5 Å². The molecule has 1 fully saturated rings. The number of hydrogen-bond acceptors (Lipinski definition) is 4. The van der Waals surface area contributed by atoms with Gasteiger partial charge in [0.05, 0.1) is 17.6 Å². The molecule has 0 saturated carbocycles. The number of para-hydroxylation sites is 1. The Morgan fingerprint density at radius 3 is 2.65 bits per heavy atom. The number of benzene rings is 1. The number of likely N-dealkylation sites (tertiary alicyclic amines) is 1. The maximum absolute atomic E-state index is 14.7. The Bertz CT molecular complexity index is 1380. The van der Waals surface area contributed by atoms with Crippen molar-refractivity contribution < 1.29 is 31.5 Å². The number of aromatic nitrogens is 3. The van der Waals surface area contributed by atoms with Crippen LogP contribution in [-0.4, -0.2) is 50.3 Å². The maximum atomic E-state index is 14.7. The minimum absolute atomic E-state index is 0.0112. The van der Waals surface area contributed by atoms with E-state index in [2.05, 4.69) is 9.97 Å². The molecular weight excluding hydrogens is 459 g/mol. The fourth-order valence-electron chi connectivity index (χ4n) is 3.92. The number of piperidine rings is 1. The minimum atomic E-state index is -4.69. The van der Waals surface area contributed by atoms with Crippen LogP contribution in [0.1, 0.15) is 22.5 Å². The zero-order chi connectivity index (χ0) is 24.1. The summed E-state index contributed by atoms with van der Waals surface area (Å²) in [7, 11) is 0. The highest BCUT2D eigenvalue weighted by atomic mass is 19.4. The van der Waals surface area contributed by atoms with Gasteiger partial charge in [-0.2, -0.15) is 13.2 Å². The van der Waals surface area contributed by atoms with Crippen LogP contribution in [-0.2, 0) is 6.18 Å². The molecule has 3 aromatic heterocycles. The lowest BCUT2D eigenvalue weighted by molar-refractivity contribution is -0.140. The number of rotatable bonds is 3. The summed E-state index contributed by atoms with van der Waals surface area (Å²) in [4.78, 5) is 22.1. The Balaban J connectivity index is 1.41. The van der Waals surface area contributed by atoms with Crippen LogP contribution in [0.5, 0.6) is 5.88 Å². The van der Waals surface area contributed by atoms with Gasteiger partial charge in [0.25, 0.3) is 11.8 Å². The Kier molecular flexibility index (Phi) is 5.14. The predicted molar refractivity (Wildman–Crippen MR) is 112 cm³/mol. The van der Waals surface area contributed by atoms with Crippen LogP contribution >= 0.6 is 0 Å². The number of ether oxygens (including phenoxy) is 1. The summed E-state index contributed by atoms with van der Waals surface area (Å²) in [6.45, 7) is -0.751.